The normalized spacial score (nSPS) is 16.2. The third-order valence-electron chi connectivity index (χ3n) is 4.51. The lowest BCUT2D eigenvalue weighted by atomic mass is 10.1. The molecule has 1 saturated heterocycles. The molecule has 1 amide bonds. The molecule has 3 aromatic rings. The van der Waals surface area contributed by atoms with E-state index in [0.717, 1.165) is 24.7 Å². The third-order valence-corrected chi connectivity index (χ3v) is 4.51. The highest BCUT2D eigenvalue weighted by molar-refractivity contribution is 6.02. The van der Waals surface area contributed by atoms with Gasteiger partial charge in [0, 0.05) is 24.8 Å². The zero-order chi connectivity index (χ0) is 21.8. The van der Waals surface area contributed by atoms with Gasteiger partial charge >= 0.3 is 6.36 Å². The van der Waals surface area contributed by atoms with Crippen molar-refractivity contribution in [1.82, 2.24) is 20.3 Å². The number of hydrogen-bond donors (Lipinski definition) is 2. The Bertz CT molecular complexity index is 1050. The number of nitrogens with zero attached hydrogens (tertiary/aromatic N) is 3. The van der Waals surface area contributed by atoms with Crippen LogP contribution in [-0.4, -0.2) is 47.0 Å². The Morgan fingerprint density at radius 1 is 1.22 bits per heavy atom. The average Bonchev–Trinajstić information content (AvgIpc) is 3.25. The number of rotatable bonds is 5. The van der Waals surface area contributed by atoms with Crippen molar-refractivity contribution in [1.29, 1.82) is 0 Å². The first-order chi connectivity index (χ1) is 14.9. The standard InChI is InChI=1S/C20H18F3N5O3.ClH/c21-20(22,23)31-16-3-1-2-15(10-16)28-12-17(26-27-28)19(29)25-14-6-4-13(5-7-14)18-11-24-8-9-30-18;/h1-7,10,12,18,24H,8-9,11H2,(H,25,29);1H. The SMILES string of the molecule is Cl.O=C(Nc1ccc(C2CNCCO2)cc1)c1cn(-c2cccc(OC(F)(F)F)c2)nn1. The summed E-state index contributed by atoms with van der Waals surface area (Å²) in [7, 11) is 0. The predicted molar refractivity (Wildman–Crippen MR) is 111 cm³/mol. The molecule has 0 saturated carbocycles. The number of carbonyl (C=O) groups is 1. The lowest BCUT2D eigenvalue weighted by molar-refractivity contribution is -0.274. The number of morpholine rings is 1. The van der Waals surface area contributed by atoms with Crippen molar-refractivity contribution >= 4 is 24.0 Å². The molecule has 1 aromatic heterocycles. The molecular formula is C20H19ClF3N5O3. The highest BCUT2D eigenvalue weighted by atomic mass is 35.5. The topological polar surface area (TPSA) is 90.3 Å². The van der Waals surface area contributed by atoms with Crippen LogP contribution in [0.1, 0.15) is 22.2 Å². The Kier molecular flexibility index (Phi) is 7.33. The first-order valence-corrected chi connectivity index (χ1v) is 9.39. The molecule has 1 unspecified atom stereocenters. The average molecular weight is 470 g/mol. The molecule has 2 heterocycles. The van der Waals surface area contributed by atoms with E-state index >= 15 is 0 Å². The van der Waals surface area contributed by atoms with E-state index in [1.54, 1.807) is 12.1 Å². The maximum atomic E-state index is 12.5. The van der Waals surface area contributed by atoms with E-state index in [-0.39, 0.29) is 29.9 Å². The summed E-state index contributed by atoms with van der Waals surface area (Å²) in [5.74, 6) is -0.902. The highest BCUT2D eigenvalue weighted by Crippen LogP contribution is 2.25. The van der Waals surface area contributed by atoms with Crippen molar-refractivity contribution in [3.05, 3.63) is 66.0 Å². The molecule has 2 aromatic carbocycles. The molecule has 8 nitrogen and oxygen atoms in total. The van der Waals surface area contributed by atoms with Crippen LogP contribution in [0.5, 0.6) is 5.75 Å². The van der Waals surface area contributed by atoms with Gasteiger partial charge in [-0.1, -0.05) is 23.4 Å². The maximum absolute atomic E-state index is 12.5. The van der Waals surface area contributed by atoms with Crippen molar-refractivity contribution in [2.24, 2.45) is 0 Å². The zero-order valence-corrected chi connectivity index (χ0v) is 17.3. The molecule has 0 aliphatic carbocycles. The molecule has 2 N–H and O–H groups in total. The number of nitrogens with one attached hydrogen (secondary N) is 2. The molecule has 12 heteroatoms. The summed E-state index contributed by atoms with van der Waals surface area (Å²) in [6.07, 6.45) is -3.52. The minimum absolute atomic E-state index is 0. The Labute approximate surface area is 187 Å². The minimum Gasteiger partial charge on any atom is -0.406 e. The Balaban J connectivity index is 0.00000289. The van der Waals surface area contributed by atoms with Crippen LogP contribution in [0.2, 0.25) is 0 Å². The van der Waals surface area contributed by atoms with Crippen LogP contribution in [0.3, 0.4) is 0 Å². The number of halogens is 4. The summed E-state index contributed by atoms with van der Waals surface area (Å²) in [6, 6.07) is 12.5. The number of amides is 1. The summed E-state index contributed by atoms with van der Waals surface area (Å²) >= 11 is 0. The van der Waals surface area contributed by atoms with Gasteiger partial charge in [0.2, 0.25) is 0 Å². The molecule has 0 bridgehead atoms. The molecule has 0 spiro atoms. The molecule has 1 atom stereocenters. The predicted octanol–water partition coefficient (Wildman–Crippen LogP) is 3.50. The minimum atomic E-state index is -4.80. The largest absolute Gasteiger partial charge is 0.573 e. The van der Waals surface area contributed by atoms with Crippen LogP contribution in [0.25, 0.3) is 5.69 Å². The lowest BCUT2D eigenvalue weighted by Crippen LogP contribution is -2.33. The fraction of sp³-hybridized carbons (Fsp3) is 0.250. The second kappa shape index (κ2) is 9.98. The number of carbonyl (C=O) groups excluding carboxylic acids is 1. The van der Waals surface area contributed by atoms with E-state index in [1.807, 2.05) is 12.1 Å². The van der Waals surface area contributed by atoms with Crippen LogP contribution in [0.4, 0.5) is 18.9 Å². The van der Waals surface area contributed by atoms with Gasteiger partial charge in [0.15, 0.2) is 5.69 Å². The fourth-order valence-corrected chi connectivity index (χ4v) is 3.07. The van der Waals surface area contributed by atoms with Crippen LogP contribution in [0.15, 0.2) is 54.7 Å². The van der Waals surface area contributed by atoms with Gasteiger partial charge in [0.1, 0.15) is 5.75 Å². The Morgan fingerprint density at radius 2 is 2.00 bits per heavy atom. The van der Waals surface area contributed by atoms with Crippen LogP contribution >= 0.6 is 12.4 Å². The van der Waals surface area contributed by atoms with Gasteiger partial charge in [-0.2, -0.15) is 0 Å². The number of aromatic nitrogens is 3. The highest BCUT2D eigenvalue weighted by Gasteiger charge is 2.31. The molecule has 0 radical (unpaired) electrons. The summed E-state index contributed by atoms with van der Waals surface area (Å²) in [6.45, 7) is 2.19. The quantitative estimate of drug-likeness (QED) is 0.594. The fourth-order valence-electron chi connectivity index (χ4n) is 3.07. The van der Waals surface area contributed by atoms with Crippen molar-refractivity contribution in [3.63, 3.8) is 0 Å². The first-order valence-electron chi connectivity index (χ1n) is 9.39. The van der Waals surface area contributed by atoms with Crippen LogP contribution < -0.4 is 15.4 Å². The summed E-state index contributed by atoms with van der Waals surface area (Å²) in [4.78, 5) is 12.5. The number of ether oxygens (including phenoxy) is 2. The Morgan fingerprint density at radius 3 is 2.69 bits per heavy atom. The van der Waals surface area contributed by atoms with Gasteiger partial charge in [-0.05, 0) is 29.8 Å². The lowest BCUT2D eigenvalue weighted by Gasteiger charge is -2.24. The van der Waals surface area contributed by atoms with Gasteiger partial charge in [0.25, 0.3) is 5.91 Å². The number of benzene rings is 2. The van der Waals surface area contributed by atoms with E-state index in [1.165, 1.54) is 29.1 Å². The second-order valence-electron chi connectivity index (χ2n) is 6.73. The van der Waals surface area contributed by atoms with Crippen molar-refractivity contribution in [2.45, 2.75) is 12.5 Å². The summed E-state index contributed by atoms with van der Waals surface area (Å²) in [5.41, 5.74) is 1.83. The van der Waals surface area contributed by atoms with Gasteiger partial charge in [0.05, 0.1) is 24.6 Å². The van der Waals surface area contributed by atoms with Gasteiger partial charge in [-0.15, -0.1) is 30.7 Å². The number of alkyl halides is 3. The Hall–Kier alpha value is -3.15. The smallest absolute Gasteiger partial charge is 0.406 e. The molecule has 4 rings (SSSR count). The van der Waals surface area contributed by atoms with Crippen LogP contribution in [-0.2, 0) is 4.74 Å². The van der Waals surface area contributed by atoms with E-state index in [2.05, 4.69) is 25.7 Å². The van der Waals surface area contributed by atoms with Crippen molar-refractivity contribution in [2.75, 3.05) is 25.0 Å². The molecule has 170 valence electrons. The molecule has 1 aliphatic heterocycles. The van der Waals surface area contributed by atoms with Gasteiger partial charge in [-0.3, -0.25) is 4.79 Å². The summed E-state index contributed by atoms with van der Waals surface area (Å²) in [5, 5.41) is 13.6. The van der Waals surface area contributed by atoms with E-state index in [9.17, 15) is 18.0 Å². The third kappa shape index (κ3) is 5.96. The second-order valence-corrected chi connectivity index (χ2v) is 6.73. The molecular weight excluding hydrogens is 451 g/mol. The number of anilines is 1. The van der Waals surface area contributed by atoms with Crippen molar-refractivity contribution < 1.29 is 27.4 Å². The maximum Gasteiger partial charge on any atom is 0.573 e. The van der Waals surface area contributed by atoms with E-state index in [4.69, 9.17) is 4.74 Å². The molecule has 1 aliphatic rings. The van der Waals surface area contributed by atoms with Gasteiger partial charge < -0.3 is 20.1 Å². The van der Waals surface area contributed by atoms with Crippen LogP contribution in [0, 0.1) is 0 Å². The van der Waals surface area contributed by atoms with E-state index in [0.29, 0.717) is 12.3 Å². The summed E-state index contributed by atoms with van der Waals surface area (Å²) < 4.78 is 48.0. The monoisotopic (exact) mass is 469 g/mol. The molecule has 1 fully saturated rings. The zero-order valence-electron chi connectivity index (χ0n) is 16.5. The van der Waals surface area contributed by atoms with Crippen molar-refractivity contribution in [3.8, 4) is 11.4 Å². The number of hydrogen-bond acceptors (Lipinski definition) is 6. The molecule has 32 heavy (non-hydrogen) atoms. The van der Waals surface area contributed by atoms with E-state index < -0.39 is 18.0 Å². The first kappa shape index (κ1) is 23.5. The van der Waals surface area contributed by atoms with Gasteiger partial charge in [-0.25, -0.2) is 4.68 Å².